The van der Waals surface area contributed by atoms with Crippen molar-refractivity contribution in [3.63, 3.8) is 0 Å². The molecule has 0 saturated heterocycles. The fraction of sp³-hybridized carbons (Fsp3) is 0.0909. The SMILES string of the molecule is Cn1c(C(=O)O)c(Br)n2c3cc(F)ccc3nc12. The molecule has 0 fully saturated rings. The molecule has 0 unspecified atom stereocenters. The second kappa shape index (κ2) is 3.55. The predicted octanol–water partition coefficient (Wildman–Crippen LogP) is 2.43. The minimum atomic E-state index is -1.07. The molecule has 0 atom stereocenters. The van der Waals surface area contributed by atoms with Crippen molar-refractivity contribution in [1.82, 2.24) is 14.0 Å². The number of aromatic carboxylic acids is 1. The van der Waals surface area contributed by atoms with Crippen molar-refractivity contribution in [2.75, 3.05) is 0 Å². The van der Waals surface area contributed by atoms with Gasteiger partial charge in [0.15, 0.2) is 5.69 Å². The number of aryl methyl sites for hydroxylation is 1. The molecule has 1 aromatic carbocycles. The number of aromatic nitrogens is 3. The van der Waals surface area contributed by atoms with Crippen LogP contribution in [-0.2, 0) is 7.05 Å². The first-order chi connectivity index (χ1) is 8.50. The molecule has 3 aromatic rings. The van der Waals surface area contributed by atoms with Gasteiger partial charge in [0.2, 0.25) is 5.78 Å². The van der Waals surface area contributed by atoms with Gasteiger partial charge < -0.3 is 9.67 Å². The number of benzene rings is 1. The monoisotopic (exact) mass is 311 g/mol. The van der Waals surface area contributed by atoms with E-state index in [9.17, 15) is 9.18 Å². The smallest absolute Gasteiger partial charge is 0.355 e. The van der Waals surface area contributed by atoms with E-state index in [0.717, 1.165) is 0 Å². The Kier molecular flexibility index (Phi) is 2.21. The van der Waals surface area contributed by atoms with Crippen LogP contribution >= 0.6 is 15.9 Å². The molecule has 0 bridgehead atoms. The Morgan fingerprint density at radius 2 is 2.22 bits per heavy atom. The zero-order valence-corrected chi connectivity index (χ0v) is 10.8. The Labute approximate surface area is 109 Å². The Morgan fingerprint density at radius 3 is 2.89 bits per heavy atom. The quantitative estimate of drug-likeness (QED) is 0.751. The van der Waals surface area contributed by atoms with Crippen molar-refractivity contribution in [2.45, 2.75) is 0 Å². The zero-order valence-electron chi connectivity index (χ0n) is 9.19. The lowest BCUT2D eigenvalue weighted by molar-refractivity contribution is 0.0685. The van der Waals surface area contributed by atoms with Crippen LogP contribution in [0.15, 0.2) is 22.8 Å². The molecular weight excluding hydrogens is 305 g/mol. The third-order valence-corrected chi connectivity index (χ3v) is 3.56. The number of rotatable bonds is 1. The molecule has 1 N–H and O–H groups in total. The van der Waals surface area contributed by atoms with Gasteiger partial charge in [0.05, 0.1) is 11.0 Å². The molecule has 0 aliphatic carbocycles. The minimum Gasteiger partial charge on any atom is -0.476 e. The van der Waals surface area contributed by atoms with Gasteiger partial charge in [-0.3, -0.25) is 4.40 Å². The molecule has 0 radical (unpaired) electrons. The van der Waals surface area contributed by atoms with Crippen LogP contribution < -0.4 is 0 Å². The van der Waals surface area contributed by atoms with Gasteiger partial charge in [-0.05, 0) is 28.1 Å². The molecule has 18 heavy (non-hydrogen) atoms. The van der Waals surface area contributed by atoms with Crippen LogP contribution in [0.25, 0.3) is 16.8 Å². The molecule has 92 valence electrons. The maximum absolute atomic E-state index is 13.3. The van der Waals surface area contributed by atoms with E-state index >= 15 is 0 Å². The lowest BCUT2D eigenvalue weighted by Crippen LogP contribution is -2.05. The van der Waals surface area contributed by atoms with E-state index in [4.69, 9.17) is 5.11 Å². The normalized spacial score (nSPS) is 11.5. The van der Waals surface area contributed by atoms with E-state index in [1.165, 1.54) is 16.7 Å². The largest absolute Gasteiger partial charge is 0.476 e. The number of fused-ring (bicyclic) bond motifs is 3. The number of carboxylic acids is 1. The van der Waals surface area contributed by atoms with Gasteiger partial charge in [-0.1, -0.05) is 0 Å². The molecule has 0 aliphatic rings. The standard InChI is InChI=1S/C11H7BrFN3O2/c1-15-8(10(17)18)9(12)16-7-4-5(13)2-3-6(7)14-11(15)16/h2-4H,1H3,(H,17,18). The summed E-state index contributed by atoms with van der Waals surface area (Å²) in [6.07, 6.45) is 0. The van der Waals surface area contributed by atoms with Crippen molar-refractivity contribution in [3.05, 3.63) is 34.3 Å². The summed E-state index contributed by atoms with van der Waals surface area (Å²) in [5.41, 5.74) is 1.21. The van der Waals surface area contributed by atoms with Crippen LogP contribution in [0.4, 0.5) is 4.39 Å². The Bertz CT molecular complexity index is 806. The first-order valence-electron chi connectivity index (χ1n) is 5.06. The summed E-state index contributed by atoms with van der Waals surface area (Å²) in [6, 6.07) is 4.21. The van der Waals surface area contributed by atoms with Crippen molar-refractivity contribution >= 4 is 38.7 Å². The summed E-state index contributed by atoms with van der Waals surface area (Å²) in [7, 11) is 1.60. The van der Waals surface area contributed by atoms with Crippen molar-refractivity contribution < 1.29 is 14.3 Å². The summed E-state index contributed by atoms with van der Waals surface area (Å²) in [6.45, 7) is 0. The number of carboxylic acid groups (broad SMARTS) is 1. The zero-order chi connectivity index (χ0) is 13.0. The van der Waals surface area contributed by atoms with Crippen LogP contribution in [0.2, 0.25) is 0 Å². The lowest BCUT2D eigenvalue weighted by Gasteiger charge is -1.96. The second-order valence-electron chi connectivity index (χ2n) is 3.88. The molecular formula is C11H7BrFN3O2. The topological polar surface area (TPSA) is 59.5 Å². The van der Waals surface area contributed by atoms with Crippen molar-refractivity contribution in [3.8, 4) is 0 Å². The van der Waals surface area contributed by atoms with Gasteiger partial charge in [-0.15, -0.1) is 0 Å². The number of hydrogen-bond donors (Lipinski definition) is 1. The molecule has 0 amide bonds. The number of halogens is 2. The molecule has 0 spiro atoms. The number of carbonyl (C=O) groups is 1. The lowest BCUT2D eigenvalue weighted by atomic mass is 10.3. The summed E-state index contributed by atoms with van der Waals surface area (Å²) < 4.78 is 16.6. The third kappa shape index (κ3) is 1.30. The number of imidazole rings is 2. The van der Waals surface area contributed by atoms with Gasteiger partial charge >= 0.3 is 5.97 Å². The van der Waals surface area contributed by atoms with Crippen LogP contribution in [0.5, 0.6) is 0 Å². The van der Waals surface area contributed by atoms with Crippen LogP contribution in [0.1, 0.15) is 10.5 Å². The van der Waals surface area contributed by atoms with Crippen molar-refractivity contribution in [1.29, 1.82) is 0 Å². The van der Waals surface area contributed by atoms with E-state index in [2.05, 4.69) is 20.9 Å². The average Bonchev–Trinajstić information content (AvgIpc) is 2.76. The highest BCUT2D eigenvalue weighted by atomic mass is 79.9. The third-order valence-electron chi connectivity index (χ3n) is 2.83. The maximum atomic E-state index is 13.3. The highest BCUT2D eigenvalue weighted by Gasteiger charge is 2.22. The van der Waals surface area contributed by atoms with E-state index in [1.54, 1.807) is 17.5 Å². The van der Waals surface area contributed by atoms with Crippen molar-refractivity contribution in [2.24, 2.45) is 7.05 Å². The predicted molar refractivity (Wildman–Crippen MR) is 66.3 cm³/mol. The van der Waals surface area contributed by atoms with Crippen LogP contribution in [0.3, 0.4) is 0 Å². The fourth-order valence-corrected chi connectivity index (χ4v) is 2.82. The first kappa shape index (κ1) is 11.2. The molecule has 5 nitrogen and oxygen atoms in total. The van der Waals surface area contributed by atoms with Gasteiger partial charge in [-0.2, -0.15) is 0 Å². The van der Waals surface area contributed by atoms with E-state index in [1.807, 2.05) is 0 Å². The molecule has 2 heterocycles. The van der Waals surface area contributed by atoms with E-state index in [-0.39, 0.29) is 5.69 Å². The minimum absolute atomic E-state index is 0.0728. The van der Waals surface area contributed by atoms with E-state index in [0.29, 0.717) is 21.4 Å². The number of hydrogen-bond acceptors (Lipinski definition) is 2. The Hall–Kier alpha value is -1.89. The first-order valence-corrected chi connectivity index (χ1v) is 5.85. The molecule has 0 aliphatic heterocycles. The van der Waals surface area contributed by atoms with Gasteiger partial charge in [0.1, 0.15) is 10.4 Å². The van der Waals surface area contributed by atoms with Gasteiger partial charge in [-0.25, -0.2) is 14.2 Å². The second-order valence-corrected chi connectivity index (χ2v) is 4.63. The Balaban J connectivity index is 2.55. The summed E-state index contributed by atoms with van der Waals surface area (Å²) in [5.74, 6) is -1.02. The van der Waals surface area contributed by atoms with E-state index < -0.39 is 11.8 Å². The Morgan fingerprint density at radius 1 is 1.50 bits per heavy atom. The maximum Gasteiger partial charge on any atom is 0.355 e. The fourth-order valence-electron chi connectivity index (χ4n) is 2.03. The molecule has 2 aromatic heterocycles. The molecule has 3 rings (SSSR count). The average molecular weight is 312 g/mol. The molecule has 7 heteroatoms. The number of nitrogens with zero attached hydrogens (tertiary/aromatic N) is 3. The summed E-state index contributed by atoms with van der Waals surface area (Å²) >= 11 is 3.23. The summed E-state index contributed by atoms with van der Waals surface area (Å²) in [4.78, 5) is 15.4. The molecule has 0 saturated carbocycles. The highest BCUT2D eigenvalue weighted by Crippen LogP contribution is 2.27. The van der Waals surface area contributed by atoms with Gasteiger partial charge in [0, 0.05) is 13.1 Å². The summed E-state index contributed by atoms with van der Waals surface area (Å²) in [5, 5.41) is 9.13. The van der Waals surface area contributed by atoms with Crippen LogP contribution in [0, 0.1) is 5.82 Å². The van der Waals surface area contributed by atoms with Gasteiger partial charge in [0.25, 0.3) is 0 Å². The highest BCUT2D eigenvalue weighted by molar-refractivity contribution is 9.10. The van der Waals surface area contributed by atoms with Crippen LogP contribution in [-0.4, -0.2) is 25.0 Å².